The van der Waals surface area contributed by atoms with E-state index < -0.39 is 29.1 Å². The summed E-state index contributed by atoms with van der Waals surface area (Å²) in [6.07, 6.45) is -1.29. The SMILES string of the molecule is CC(O)(c1cccc(C(F)(F)F)c1)c1ccc(-c2nc([C@@H]3CC[C@H]4C=CCC(=O)N4C3)n3ccnc(N)c23)c(C(F)(F)F)c1. The zero-order valence-corrected chi connectivity index (χ0v) is 23.3. The first-order chi connectivity index (χ1) is 20.7. The third kappa shape index (κ3) is 5.08. The summed E-state index contributed by atoms with van der Waals surface area (Å²) in [6, 6.07) is 6.86. The molecule has 4 heterocycles. The van der Waals surface area contributed by atoms with Crippen LogP contribution in [0.15, 0.2) is 67.0 Å². The molecular formula is C31H27F6N5O2. The molecule has 2 aromatic carbocycles. The molecule has 230 valence electrons. The van der Waals surface area contributed by atoms with Crippen molar-refractivity contribution in [3.05, 3.63) is 95.1 Å². The van der Waals surface area contributed by atoms with Crippen LogP contribution in [0.2, 0.25) is 0 Å². The zero-order valence-electron chi connectivity index (χ0n) is 23.3. The summed E-state index contributed by atoms with van der Waals surface area (Å²) >= 11 is 0. The summed E-state index contributed by atoms with van der Waals surface area (Å²) in [7, 11) is 0. The number of halogens is 6. The third-order valence-corrected chi connectivity index (χ3v) is 8.47. The van der Waals surface area contributed by atoms with E-state index in [1.807, 2.05) is 12.2 Å². The van der Waals surface area contributed by atoms with Gasteiger partial charge in [-0.3, -0.25) is 9.20 Å². The summed E-state index contributed by atoms with van der Waals surface area (Å²) in [5.74, 6) is 0.0467. The van der Waals surface area contributed by atoms with E-state index in [-0.39, 0.29) is 58.0 Å². The molecule has 0 spiro atoms. The number of nitrogens with zero attached hydrogens (tertiary/aromatic N) is 4. The number of aromatic nitrogens is 3. The first kappa shape index (κ1) is 29.7. The van der Waals surface area contributed by atoms with Crippen LogP contribution in [0.4, 0.5) is 32.2 Å². The number of carbonyl (C=O) groups excluding carboxylic acids is 1. The molecule has 0 bridgehead atoms. The first-order valence-corrected chi connectivity index (χ1v) is 13.9. The van der Waals surface area contributed by atoms with Crippen molar-refractivity contribution in [1.29, 1.82) is 0 Å². The monoisotopic (exact) mass is 615 g/mol. The Morgan fingerprint density at radius 2 is 1.70 bits per heavy atom. The summed E-state index contributed by atoms with van der Waals surface area (Å²) in [6.45, 7) is 1.47. The highest BCUT2D eigenvalue weighted by Gasteiger charge is 2.40. The quantitative estimate of drug-likeness (QED) is 0.207. The number of rotatable bonds is 4. The van der Waals surface area contributed by atoms with Crippen LogP contribution in [-0.2, 0) is 22.7 Å². The third-order valence-electron chi connectivity index (χ3n) is 8.47. The van der Waals surface area contributed by atoms with E-state index in [0.717, 1.165) is 31.2 Å². The normalized spacial score (nSPS) is 20.5. The summed E-state index contributed by atoms with van der Waals surface area (Å²) < 4.78 is 85.6. The summed E-state index contributed by atoms with van der Waals surface area (Å²) in [4.78, 5) is 23.1. The maximum Gasteiger partial charge on any atom is 0.417 e. The van der Waals surface area contributed by atoms with Crippen molar-refractivity contribution in [2.24, 2.45) is 0 Å². The molecule has 1 amide bonds. The Morgan fingerprint density at radius 3 is 2.43 bits per heavy atom. The van der Waals surface area contributed by atoms with Gasteiger partial charge in [0.15, 0.2) is 0 Å². The van der Waals surface area contributed by atoms with E-state index in [4.69, 9.17) is 5.73 Å². The molecule has 7 nitrogen and oxygen atoms in total. The minimum Gasteiger partial charge on any atom is -0.382 e. The standard InChI is InChI=1S/C31H27F6N5O2/c1-29(44,18-4-2-5-20(14-18)30(32,33)34)19-9-11-22(23(15-19)31(35,36)37)25-26-27(38)39-12-13-41(26)28(40-25)17-8-10-21-6-3-7-24(43)42(21)16-17/h2-6,9,11-15,17,21,44H,7-8,10,16H2,1H3,(H2,38,39)/t17-,21-,29?/m1/s1. The Balaban J connectivity index is 1.47. The lowest BCUT2D eigenvalue weighted by atomic mass is 9.85. The van der Waals surface area contributed by atoms with Gasteiger partial charge in [-0.2, -0.15) is 26.3 Å². The van der Waals surface area contributed by atoms with Gasteiger partial charge in [-0.25, -0.2) is 9.97 Å². The van der Waals surface area contributed by atoms with Crippen LogP contribution >= 0.6 is 0 Å². The summed E-state index contributed by atoms with van der Waals surface area (Å²) in [5, 5.41) is 11.3. The van der Waals surface area contributed by atoms with Crippen molar-refractivity contribution < 1.29 is 36.2 Å². The Labute approximate surface area is 247 Å². The lowest BCUT2D eigenvalue weighted by Gasteiger charge is -2.39. The van der Waals surface area contributed by atoms with Crippen LogP contribution in [0.25, 0.3) is 16.8 Å². The number of hydrogen-bond acceptors (Lipinski definition) is 5. The number of alkyl halides is 6. The second kappa shape index (κ2) is 10.4. The molecular weight excluding hydrogens is 588 g/mol. The molecule has 0 aliphatic carbocycles. The van der Waals surface area contributed by atoms with Crippen molar-refractivity contribution in [3.63, 3.8) is 0 Å². The maximum absolute atomic E-state index is 14.7. The highest BCUT2D eigenvalue weighted by atomic mass is 19.4. The van der Waals surface area contributed by atoms with E-state index in [1.54, 1.807) is 15.5 Å². The van der Waals surface area contributed by atoms with E-state index >= 15 is 0 Å². The fourth-order valence-corrected chi connectivity index (χ4v) is 6.15. The Kier molecular flexibility index (Phi) is 6.99. The average Bonchev–Trinajstić information content (AvgIpc) is 3.37. The number of hydrogen-bond donors (Lipinski definition) is 2. The van der Waals surface area contributed by atoms with Crippen molar-refractivity contribution in [2.75, 3.05) is 12.3 Å². The number of carbonyl (C=O) groups is 1. The molecule has 4 aromatic rings. The molecule has 0 radical (unpaired) electrons. The number of nitrogen functional groups attached to an aromatic ring is 1. The van der Waals surface area contributed by atoms with Gasteiger partial charge in [0.05, 0.1) is 17.2 Å². The van der Waals surface area contributed by atoms with Crippen molar-refractivity contribution >= 4 is 17.2 Å². The number of amides is 1. The van der Waals surface area contributed by atoms with Crippen molar-refractivity contribution in [1.82, 2.24) is 19.3 Å². The molecule has 13 heteroatoms. The Hall–Kier alpha value is -4.39. The smallest absolute Gasteiger partial charge is 0.382 e. The molecule has 2 aromatic heterocycles. The first-order valence-electron chi connectivity index (χ1n) is 13.9. The number of imidazole rings is 1. The fourth-order valence-electron chi connectivity index (χ4n) is 6.15. The lowest BCUT2D eigenvalue weighted by Crippen LogP contribution is -2.47. The molecule has 1 saturated heterocycles. The highest BCUT2D eigenvalue weighted by Crippen LogP contribution is 2.44. The molecule has 0 saturated carbocycles. The van der Waals surface area contributed by atoms with Gasteiger partial charge in [-0.05, 0) is 49.1 Å². The van der Waals surface area contributed by atoms with Gasteiger partial charge in [0.1, 0.15) is 28.5 Å². The minimum atomic E-state index is -4.94. The van der Waals surface area contributed by atoms with Crippen molar-refractivity contribution in [3.8, 4) is 11.3 Å². The van der Waals surface area contributed by atoms with Crippen LogP contribution in [0.3, 0.4) is 0 Å². The molecule has 3 N–H and O–H groups in total. The molecule has 3 atom stereocenters. The van der Waals surface area contributed by atoms with Gasteiger partial charge in [0, 0.05) is 36.8 Å². The molecule has 44 heavy (non-hydrogen) atoms. The summed E-state index contributed by atoms with van der Waals surface area (Å²) in [5.41, 5.74) is 1.02. The largest absolute Gasteiger partial charge is 0.417 e. The van der Waals surface area contributed by atoms with Gasteiger partial charge in [-0.1, -0.05) is 36.4 Å². The van der Waals surface area contributed by atoms with E-state index in [2.05, 4.69) is 9.97 Å². The van der Waals surface area contributed by atoms with Crippen LogP contribution in [0, 0.1) is 0 Å². The number of fused-ring (bicyclic) bond motifs is 2. The van der Waals surface area contributed by atoms with Gasteiger partial charge in [0.25, 0.3) is 0 Å². The molecule has 2 aliphatic rings. The molecule has 1 fully saturated rings. The van der Waals surface area contributed by atoms with E-state index in [9.17, 15) is 36.2 Å². The van der Waals surface area contributed by atoms with Crippen LogP contribution in [0.1, 0.15) is 60.2 Å². The minimum absolute atomic E-state index is 0.0350. The van der Waals surface area contributed by atoms with E-state index in [1.165, 1.54) is 18.3 Å². The number of anilines is 1. The van der Waals surface area contributed by atoms with Gasteiger partial charge < -0.3 is 15.7 Å². The van der Waals surface area contributed by atoms with Gasteiger partial charge >= 0.3 is 12.4 Å². The topological polar surface area (TPSA) is 96.8 Å². The highest BCUT2D eigenvalue weighted by molar-refractivity contribution is 5.87. The molecule has 2 aliphatic heterocycles. The zero-order chi connectivity index (χ0) is 31.6. The predicted molar refractivity (Wildman–Crippen MR) is 149 cm³/mol. The lowest BCUT2D eigenvalue weighted by molar-refractivity contribution is -0.138. The van der Waals surface area contributed by atoms with Gasteiger partial charge in [-0.15, -0.1) is 0 Å². The Morgan fingerprint density at radius 1 is 0.977 bits per heavy atom. The Bertz CT molecular complexity index is 1790. The second-order valence-corrected chi connectivity index (χ2v) is 11.3. The predicted octanol–water partition coefficient (Wildman–Crippen LogP) is 6.31. The second-order valence-electron chi connectivity index (χ2n) is 11.3. The number of nitrogens with two attached hydrogens (primary N) is 1. The number of piperidine rings is 1. The number of benzene rings is 2. The van der Waals surface area contributed by atoms with Gasteiger partial charge in [0.2, 0.25) is 5.91 Å². The number of aliphatic hydroxyl groups is 1. The maximum atomic E-state index is 14.7. The van der Waals surface area contributed by atoms with Crippen LogP contribution < -0.4 is 5.73 Å². The molecule has 1 unspecified atom stereocenters. The van der Waals surface area contributed by atoms with Crippen LogP contribution in [-0.4, -0.2) is 42.9 Å². The van der Waals surface area contributed by atoms with Crippen LogP contribution in [0.5, 0.6) is 0 Å². The molecule has 6 rings (SSSR count). The van der Waals surface area contributed by atoms with Crippen molar-refractivity contribution in [2.45, 2.75) is 56.1 Å². The average molecular weight is 616 g/mol. The fraction of sp³-hybridized carbons (Fsp3) is 0.323. The van der Waals surface area contributed by atoms with E-state index in [0.29, 0.717) is 31.3 Å².